The molecule has 0 saturated carbocycles. The number of hydrogen-bond donors (Lipinski definition) is 3. The summed E-state index contributed by atoms with van der Waals surface area (Å²) in [6.07, 6.45) is 3.78. The number of urea groups is 1. The number of carbonyl (C=O) groups is 1. The second-order valence-corrected chi connectivity index (χ2v) is 6.34. The van der Waals surface area contributed by atoms with Gasteiger partial charge >= 0.3 is 6.03 Å². The van der Waals surface area contributed by atoms with Crippen molar-refractivity contribution in [3.63, 3.8) is 0 Å². The average Bonchev–Trinajstić information content (AvgIpc) is 3.16. The third-order valence-electron chi connectivity index (χ3n) is 4.34. The van der Waals surface area contributed by atoms with E-state index in [0.717, 1.165) is 25.0 Å². The Labute approximate surface area is 152 Å². The molecule has 8 nitrogen and oxygen atoms in total. The van der Waals surface area contributed by atoms with Crippen molar-refractivity contribution in [1.29, 1.82) is 0 Å². The Morgan fingerprint density at radius 3 is 3.00 bits per heavy atom. The molecule has 0 spiro atoms. The van der Waals surface area contributed by atoms with Crippen LogP contribution in [0.4, 0.5) is 27.8 Å². The Bertz CT molecular complexity index is 776. The number of rotatable bonds is 5. The van der Waals surface area contributed by atoms with Crippen LogP contribution in [-0.2, 0) is 4.74 Å². The van der Waals surface area contributed by atoms with Gasteiger partial charge in [0.25, 0.3) is 0 Å². The fourth-order valence-corrected chi connectivity index (χ4v) is 2.73. The van der Waals surface area contributed by atoms with Crippen molar-refractivity contribution in [2.45, 2.75) is 25.9 Å². The number of nitrogens with one attached hydrogen (secondary N) is 2. The molecule has 0 bridgehead atoms. The zero-order chi connectivity index (χ0) is 18.5. The number of benzene rings is 1. The first-order valence-corrected chi connectivity index (χ1v) is 8.61. The predicted molar refractivity (Wildman–Crippen MR) is 103 cm³/mol. The summed E-state index contributed by atoms with van der Waals surface area (Å²) in [4.78, 5) is 22.3. The van der Waals surface area contributed by atoms with Gasteiger partial charge in [0.05, 0.1) is 6.10 Å². The quantitative estimate of drug-likeness (QED) is 0.711. The molecular formula is C18H24N6O2. The molecule has 1 fully saturated rings. The minimum atomic E-state index is -0.303. The molecule has 2 amide bonds. The van der Waals surface area contributed by atoms with Crippen LogP contribution in [0.15, 0.2) is 30.6 Å². The molecule has 8 heteroatoms. The maximum atomic E-state index is 12.5. The fourth-order valence-electron chi connectivity index (χ4n) is 2.73. The fraction of sp³-hybridized carbons (Fsp3) is 0.389. The highest BCUT2D eigenvalue weighted by molar-refractivity contribution is 6.01. The monoisotopic (exact) mass is 356 g/mol. The van der Waals surface area contributed by atoms with Crippen LogP contribution in [0, 0.1) is 6.92 Å². The number of nitrogens with two attached hydrogens (primary N) is 1. The van der Waals surface area contributed by atoms with Crippen LogP contribution in [0.2, 0.25) is 0 Å². The van der Waals surface area contributed by atoms with Crippen LogP contribution in [0.1, 0.15) is 18.4 Å². The minimum absolute atomic E-state index is 0.209. The molecule has 4 N–H and O–H groups in total. The number of aromatic nitrogens is 2. The Kier molecular flexibility index (Phi) is 5.52. The molecule has 0 aliphatic carbocycles. The van der Waals surface area contributed by atoms with E-state index in [2.05, 4.69) is 20.6 Å². The maximum Gasteiger partial charge on any atom is 0.327 e. The van der Waals surface area contributed by atoms with E-state index in [1.807, 2.05) is 13.0 Å². The van der Waals surface area contributed by atoms with E-state index in [-0.39, 0.29) is 12.1 Å². The zero-order valence-corrected chi connectivity index (χ0v) is 15.0. The molecule has 1 aliphatic heterocycles. The van der Waals surface area contributed by atoms with Gasteiger partial charge in [-0.15, -0.1) is 0 Å². The van der Waals surface area contributed by atoms with E-state index in [4.69, 9.17) is 10.5 Å². The lowest BCUT2D eigenvalue weighted by Crippen LogP contribution is -2.32. The first-order chi connectivity index (χ1) is 12.5. The van der Waals surface area contributed by atoms with Crippen molar-refractivity contribution in [3.8, 4) is 0 Å². The molecule has 1 atom stereocenters. The van der Waals surface area contributed by atoms with Gasteiger partial charge in [-0.1, -0.05) is 6.07 Å². The number of nitrogens with zero attached hydrogens (tertiary/aromatic N) is 3. The van der Waals surface area contributed by atoms with Gasteiger partial charge in [0.1, 0.15) is 18.0 Å². The van der Waals surface area contributed by atoms with Gasteiger partial charge in [-0.25, -0.2) is 14.8 Å². The van der Waals surface area contributed by atoms with Gasteiger partial charge in [-0.3, -0.25) is 4.90 Å². The zero-order valence-electron chi connectivity index (χ0n) is 15.0. The third kappa shape index (κ3) is 4.40. The van der Waals surface area contributed by atoms with Crippen LogP contribution in [0.25, 0.3) is 0 Å². The Hall–Kier alpha value is -2.87. The molecule has 2 heterocycles. The van der Waals surface area contributed by atoms with Gasteiger partial charge < -0.3 is 21.1 Å². The maximum absolute atomic E-state index is 12.5. The molecule has 1 aliphatic rings. The second kappa shape index (κ2) is 8.01. The first kappa shape index (κ1) is 17.9. The molecular weight excluding hydrogens is 332 g/mol. The molecule has 138 valence electrons. The van der Waals surface area contributed by atoms with Gasteiger partial charge in [0, 0.05) is 37.6 Å². The van der Waals surface area contributed by atoms with Gasteiger partial charge in [0.15, 0.2) is 0 Å². The highest BCUT2D eigenvalue weighted by Crippen LogP contribution is 2.20. The summed E-state index contributed by atoms with van der Waals surface area (Å²) >= 11 is 0. The van der Waals surface area contributed by atoms with E-state index in [0.29, 0.717) is 29.6 Å². The third-order valence-corrected chi connectivity index (χ3v) is 4.34. The van der Waals surface area contributed by atoms with Crippen molar-refractivity contribution >= 4 is 29.0 Å². The molecule has 3 rings (SSSR count). The Morgan fingerprint density at radius 1 is 1.38 bits per heavy atom. The van der Waals surface area contributed by atoms with Gasteiger partial charge in [0.2, 0.25) is 0 Å². The molecule has 1 aromatic heterocycles. The van der Waals surface area contributed by atoms with Crippen LogP contribution in [0.5, 0.6) is 0 Å². The number of anilines is 4. The van der Waals surface area contributed by atoms with Crippen molar-refractivity contribution in [2.24, 2.45) is 0 Å². The van der Waals surface area contributed by atoms with Gasteiger partial charge in [-0.2, -0.15) is 0 Å². The first-order valence-electron chi connectivity index (χ1n) is 8.61. The van der Waals surface area contributed by atoms with E-state index >= 15 is 0 Å². The SMILES string of the molecule is Cc1ccc(N)cc1NC(=O)N(C)c1cc(NCC2CCCO2)ncn1. The molecule has 26 heavy (non-hydrogen) atoms. The van der Waals surface area contributed by atoms with Crippen LogP contribution in [0.3, 0.4) is 0 Å². The Morgan fingerprint density at radius 2 is 2.23 bits per heavy atom. The lowest BCUT2D eigenvalue weighted by atomic mass is 10.2. The normalized spacial score (nSPS) is 16.3. The summed E-state index contributed by atoms with van der Waals surface area (Å²) in [5.74, 6) is 1.15. The largest absolute Gasteiger partial charge is 0.399 e. The topological polar surface area (TPSA) is 105 Å². The van der Waals surface area contributed by atoms with Crippen molar-refractivity contribution in [2.75, 3.05) is 41.5 Å². The lowest BCUT2D eigenvalue weighted by Gasteiger charge is -2.19. The number of carbonyl (C=O) groups excluding carboxylic acids is 1. The summed E-state index contributed by atoms with van der Waals surface area (Å²) in [5, 5.41) is 6.09. The highest BCUT2D eigenvalue weighted by atomic mass is 16.5. The van der Waals surface area contributed by atoms with E-state index < -0.39 is 0 Å². The molecule has 0 radical (unpaired) electrons. The van der Waals surface area contributed by atoms with E-state index in [1.54, 1.807) is 25.2 Å². The summed E-state index contributed by atoms with van der Waals surface area (Å²) < 4.78 is 5.59. The smallest absolute Gasteiger partial charge is 0.327 e. The molecule has 1 saturated heterocycles. The van der Waals surface area contributed by atoms with Crippen molar-refractivity contribution in [3.05, 3.63) is 36.2 Å². The van der Waals surface area contributed by atoms with Crippen molar-refractivity contribution in [1.82, 2.24) is 9.97 Å². The standard InChI is InChI=1S/C18H24N6O2/c1-12-5-6-13(19)8-15(12)23-18(25)24(2)17-9-16(21-11-22-17)20-10-14-4-3-7-26-14/h5-6,8-9,11,14H,3-4,7,10,19H2,1-2H3,(H,23,25)(H,20,21,22). The summed E-state index contributed by atoms with van der Waals surface area (Å²) in [7, 11) is 1.66. The number of hydrogen-bond acceptors (Lipinski definition) is 6. The van der Waals surface area contributed by atoms with E-state index in [9.17, 15) is 4.79 Å². The molecule has 1 unspecified atom stereocenters. The average molecular weight is 356 g/mol. The number of aryl methyl sites for hydroxylation is 1. The van der Waals surface area contributed by atoms with Gasteiger partial charge in [-0.05, 0) is 37.5 Å². The second-order valence-electron chi connectivity index (χ2n) is 6.34. The molecule has 2 aromatic rings. The van der Waals surface area contributed by atoms with Crippen LogP contribution < -0.4 is 21.3 Å². The van der Waals surface area contributed by atoms with Crippen LogP contribution in [-0.4, -0.2) is 42.3 Å². The number of nitrogen functional groups attached to an aromatic ring is 1. The highest BCUT2D eigenvalue weighted by Gasteiger charge is 2.17. The summed E-state index contributed by atoms with van der Waals surface area (Å²) in [6.45, 7) is 3.41. The minimum Gasteiger partial charge on any atom is -0.399 e. The molecule has 1 aromatic carbocycles. The lowest BCUT2D eigenvalue weighted by molar-refractivity contribution is 0.120. The predicted octanol–water partition coefficient (Wildman–Crippen LogP) is 2.63. The Balaban J connectivity index is 1.64. The summed E-state index contributed by atoms with van der Waals surface area (Å²) in [6, 6.07) is 6.83. The number of amides is 2. The van der Waals surface area contributed by atoms with Crippen molar-refractivity contribution < 1.29 is 9.53 Å². The number of ether oxygens (including phenoxy) is 1. The van der Waals surface area contributed by atoms with E-state index in [1.165, 1.54) is 11.2 Å². The van der Waals surface area contributed by atoms with Crippen LogP contribution >= 0.6 is 0 Å². The summed E-state index contributed by atoms with van der Waals surface area (Å²) in [5.41, 5.74) is 7.99.